The highest BCUT2D eigenvalue weighted by molar-refractivity contribution is 7.12. The van der Waals surface area contributed by atoms with E-state index in [0.29, 0.717) is 11.3 Å². The molecule has 0 unspecified atom stereocenters. The van der Waals surface area contributed by atoms with Gasteiger partial charge in [-0.25, -0.2) is 4.79 Å². The number of thiophene rings is 1. The summed E-state index contributed by atoms with van der Waals surface area (Å²) in [6, 6.07) is 3.53. The van der Waals surface area contributed by atoms with Gasteiger partial charge in [0.25, 0.3) is 5.56 Å². The topological polar surface area (TPSA) is 71.9 Å². The first-order valence-corrected chi connectivity index (χ1v) is 6.52. The number of aryl methyl sites for hydroxylation is 1. The number of ketones is 1. The maximum Gasteiger partial charge on any atom is 0.328 e. The van der Waals surface area contributed by atoms with Crippen LogP contribution in [0.25, 0.3) is 0 Å². The molecule has 0 aliphatic carbocycles. The van der Waals surface area contributed by atoms with Gasteiger partial charge in [-0.2, -0.15) is 4.39 Å². The fraction of sp³-hybridized carbons (Fsp3) is 0.250. The summed E-state index contributed by atoms with van der Waals surface area (Å²) in [4.78, 5) is 36.4. The molecule has 2 rings (SSSR count). The second-order valence-corrected chi connectivity index (χ2v) is 4.88. The van der Waals surface area contributed by atoms with Crippen molar-refractivity contribution >= 4 is 17.1 Å². The Balaban J connectivity index is 1.97. The summed E-state index contributed by atoms with van der Waals surface area (Å²) in [6.07, 6.45) is 1.53. The number of nitrogens with one attached hydrogen (secondary N) is 1. The van der Waals surface area contributed by atoms with Gasteiger partial charge in [0.2, 0.25) is 5.82 Å². The molecule has 0 bridgehead atoms. The van der Waals surface area contributed by atoms with Crippen molar-refractivity contribution in [3.63, 3.8) is 0 Å². The molecule has 0 saturated carbocycles. The molecule has 0 amide bonds. The summed E-state index contributed by atoms with van der Waals surface area (Å²) >= 11 is 1.36. The van der Waals surface area contributed by atoms with Crippen LogP contribution < -0.4 is 11.2 Å². The van der Waals surface area contributed by atoms with E-state index in [0.717, 1.165) is 10.8 Å². The van der Waals surface area contributed by atoms with E-state index < -0.39 is 17.1 Å². The van der Waals surface area contributed by atoms with Crippen LogP contribution in [0.4, 0.5) is 4.39 Å². The minimum atomic E-state index is -1.03. The molecule has 1 N–H and O–H groups in total. The molecule has 0 aromatic carbocycles. The van der Waals surface area contributed by atoms with Gasteiger partial charge in [-0.1, -0.05) is 6.07 Å². The average Bonchev–Trinajstić information content (AvgIpc) is 2.89. The molecular weight excluding hydrogens is 271 g/mol. The van der Waals surface area contributed by atoms with E-state index in [1.807, 2.05) is 10.4 Å². The number of hydrogen-bond acceptors (Lipinski definition) is 4. The highest BCUT2D eigenvalue weighted by Gasteiger charge is 2.08. The zero-order valence-corrected chi connectivity index (χ0v) is 10.7. The Hall–Kier alpha value is -2.02. The second-order valence-electron chi connectivity index (χ2n) is 3.93. The van der Waals surface area contributed by atoms with Crippen molar-refractivity contribution in [3.8, 4) is 0 Å². The molecule has 2 aromatic heterocycles. The smallest absolute Gasteiger partial charge is 0.298 e. The molecule has 0 atom stereocenters. The fourth-order valence-electron chi connectivity index (χ4n) is 1.62. The van der Waals surface area contributed by atoms with Gasteiger partial charge in [0.15, 0.2) is 5.78 Å². The number of aromatic amines is 1. The van der Waals surface area contributed by atoms with Gasteiger partial charge < -0.3 is 0 Å². The third kappa shape index (κ3) is 3.25. The maximum atomic E-state index is 13.0. The Morgan fingerprint density at radius 3 is 2.89 bits per heavy atom. The lowest BCUT2D eigenvalue weighted by Crippen LogP contribution is -2.31. The fourth-order valence-corrected chi connectivity index (χ4v) is 2.31. The summed E-state index contributed by atoms with van der Waals surface area (Å²) < 4.78 is 14.1. The Morgan fingerprint density at radius 2 is 2.21 bits per heavy atom. The maximum absolute atomic E-state index is 13.0. The van der Waals surface area contributed by atoms with Crippen molar-refractivity contribution in [1.82, 2.24) is 9.55 Å². The first kappa shape index (κ1) is 13.4. The Bertz CT molecular complexity index is 688. The summed E-state index contributed by atoms with van der Waals surface area (Å²) in [5.41, 5.74) is -1.70. The molecule has 0 spiro atoms. The van der Waals surface area contributed by atoms with Crippen LogP contribution >= 0.6 is 11.3 Å². The van der Waals surface area contributed by atoms with Crippen LogP contribution in [0.15, 0.2) is 33.3 Å². The van der Waals surface area contributed by atoms with E-state index in [9.17, 15) is 18.8 Å². The van der Waals surface area contributed by atoms with Crippen LogP contribution in [-0.4, -0.2) is 15.3 Å². The Labute approximate surface area is 111 Å². The third-order valence-corrected chi connectivity index (χ3v) is 3.48. The predicted octanol–water partition coefficient (Wildman–Crippen LogP) is 1.40. The minimum absolute atomic E-state index is 0.00653. The number of rotatable bonds is 5. The van der Waals surface area contributed by atoms with Crippen LogP contribution in [-0.2, 0) is 6.54 Å². The van der Waals surface area contributed by atoms with E-state index in [1.54, 1.807) is 12.1 Å². The number of aromatic nitrogens is 2. The SMILES string of the molecule is O=C(CCCn1cc(F)c(=O)[nH]c1=O)c1cccs1. The number of hydrogen-bond donors (Lipinski definition) is 1. The summed E-state index contributed by atoms with van der Waals surface area (Å²) in [7, 11) is 0. The molecule has 100 valence electrons. The molecule has 19 heavy (non-hydrogen) atoms. The third-order valence-electron chi connectivity index (χ3n) is 2.57. The zero-order valence-electron chi connectivity index (χ0n) is 9.89. The summed E-state index contributed by atoms with van der Waals surface area (Å²) in [5, 5.41) is 1.81. The van der Waals surface area contributed by atoms with E-state index in [-0.39, 0.29) is 18.7 Å². The van der Waals surface area contributed by atoms with Crippen LogP contribution in [0.1, 0.15) is 22.5 Å². The first-order valence-electron chi connectivity index (χ1n) is 5.64. The van der Waals surface area contributed by atoms with Gasteiger partial charge in [-0.3, -0.25) is 19.1 Å². The van der Waals surface area contributed by atoms with Crippen LogP contribution in [0.5, 0.6) is 0 Å². The predicted molar refractivity (Wildman–Crippen MR) is 69.2 cm³/mol. The normalized spacial score (nSPS) is 10.6. The van der Waals surface area contributed by atoms with Crippen molar-refractivity contribution in [2.45, 2.75) is 19.4 Å². The van der Waals surface area contributed by atoms with Crippen LogP contribution in [0.2, 0.25) is 0 Å². The highest BCUT2D eigenvalue weighted by Crippen LogP contribution is 2.12. The monoisotopic (exact) mass is 282 g/mol. The molecule has 2 heterocycles. The number of Topliss-reactive ketones (excluding diaryl/α,β-unsaturated/α-hetero) is 1. The largest absolute Gasteiger partial charge is 0.328 e. The van der Waals surface area contributed by atoms with Crippen molar-refractivity contribution in [3.05, 3.63) is 55.2 Å². The lowest BCUT2D eigenvalue weighted by atomic mass is 10.2. The van der Waals surface area contributed by atoms with Crippen LogP contribution in [0, 0.1) is 5.82 Å². The van der Waals surface area contributed by atoms with Gasteiger partial charge >= 0.3 is 5.69 Å². The highest BCUT2D eigenvalue weighted by atomic mass is 32.1. The number of nitrogens with zero attached hydrogens (tertiary/aromatic N) is 1. The van der Waals surface area contributed by atoms with Gasteiger partial charge in [0.05, 0.1) is 11.1 Å². The number of halogens is 1. The lowest BCUT2D eigenvalue weighted by Gasteiger charge is -2.03. The van der Waals surface area contributed by atoms with Crippen molar-refractivity contribution in [2.75, 3.05) is 0 Å². The number of carbonyl (C=O) groups is 1. The molecule has 7 heteroatoms. The standard InChI is InChI=1S/C12H11FN2O3S/c13-8-7-15(12(18)14-11(8)17)5-1-3-9(16)10-4-2-6-19-10/h2,4,6-7H,1,3,5H2,(H,14,17,18). The molecular formula is C12H11FN2O3S. The van der Waals surface area contributed by atoms with Crippen molar-refractivity contribution in [1.29, 1.82) is 0 Å². The Kier molecular flexibility index (Phi) is 4.06. The van der Waals surface area contributed by atoms with Gasteiger partial charge in [0.1, 0.15) is 0 Å². The minimum Gasteiger partial charge on any atom is -0.298 e. The molecule has 0 saturated heterocycles. The van der Waals surface area contributed by atoms with E-state index in [4.69, 9.17) is 0 Å². The molecule has 0 aliphatic heterocycles. The molecule has 2 aromatic rings. The summed E-state index contributed by atoms with van der Waals surface area (Å²) in [6.45, 7) is 0.184. The first-order chi connectivity index (χ1) is 9.08. The number of carbonyl (C=O) groups excluding carboxylic acids is 1. The number of H-pyrrole nitrogens is 1. The van der Waals surface area contributed by atoms with Crippen molar-refractivity contribution in [2.24, 2.45) is 0 Å². The van der Waals surface area contributed by atoms with Gasteiger partial charge in [-0.05, 0) is 17.9 Å². The van der Waals surface area contributed by atoms with Gasteiger partial charge in [0, 0.05) is 13.0 Å². The summed E-state index contributed by atoms with van der Waals surface area (Å²) in [5.74, 6) is -1.02. The van der Waals surface area contributed by atoms with Gasteiger partial charge in [-0.15, -0.1) is 11.3 Å². The van der Waals surface area contributed by atoms with E-state index >= 15 is 0 Å². The Morgan fingerprint density at radius 1 is 1.42 bits per heavy atom. The molecule has 0 aliphatic rings. The van der Waals surface area contributed by atoms with E-state index in [1.165, 1.54) is 11.3 Å². The second kappa shape index (κ2) is 5.75. The zero-order chi connectivity index (χ0) is 13.8. The van der Waals surface area contributed by atoms with Crippen LogP contribution in [0.3, 0.4) is 0 Å². The van der Waals surface area contributed by atoms with Crippen molar-refractivity contribution < 1.29 is 9.18 Å². The molecule has 0 radical (unpaired) electrons. The quantitative estimate of drug-likeness (QED) is 0.843. The van der Waals surface area contributed by atoms with E-state index in [2.05, 4.69) is 0 Å². The average molecular weight is 282 g/mol. The lowest BCUT2D eigenvalue weighted by molar-refractivity contribution is 0.0982. The molecule has 5 nitrogen and oxygen atoms in total. The molecule has 0 fully saturated rings.